The number of carbonyl (C=O) groups is 3. The number of nitrogens with one attached hydrogen (secondary N) is 1. The molecule has 2 aromatic carbocycles. The lowest BCUT2D eigenvalue weighted by atomic mass is 10.2. The summed E-state index contributed by atoms with van der Waals surface area (Å²) in [6.45, 7) is -1.21. The van der Waals surface area contributed by atoms with Gasteiger partial charge < -0.3 is 15.0 Å². The van der Waals surface area contributed by atoms with E-state index >= 15 is 0 Å². The molecule has 4 rings (SSSR count). The van der Waals surface area contributed by atoms with Crippen LogP contribution in [-0.4, -0.2) is 40.4 Å². The molecule has 8 nitrogen and oxygen atoms in total. The predicted molar refractivity (Wildman–Crippen MR) is 116 cm³/mol. The molecule has 0 saturated carbocycles. The smallest absolute Gasteiger partial charge is 0.326 e. The van der Waals surface area contributed by atoms with Gasteiger partial charge in [0, 0.05) is 24.2 Å². The van der Waals surface area contributed by atoms with Crippen molar-refractivity contribution in [3.63, 3.8) is 0 Å². The fourth-order valence-electron chi connectivity index (χ4n) is 3.81. The maximum Gasteiger partial charge on any atom is 0.326 e. The number of esters is 1. The Hall–Kier alpha value is -3.82. The maximum atomic E-state index is 13.6. The minimum atomic E-state index is -2.85. The van der Waals surface area contributed by atoms with Crippen molar-refractivity contribution < 1.29 is 27.9 Å². The highest BCUT2D eigenvalue weighted by molar-refractivity contribution is 5.98. The van der Waals surface area contributed by atoms with Gasteiger partial charge in [0.2, 0.25) is 5.91 Å². The van der Waals surface area contributed by atoms with Crippen LogP contribution in [0.4, 0.5) is 14.5 Å². The summed E-state index contributed by atoms with van der Waals surface area (Å²) in [4.78, 5) is 42.2. The molecular weight excluding hydrogens is 434 g/mol. The van der Waals surface area contributed by atoms with E-state index in [2.05, 4.69) is 10.3 Å². The largest absolute Gasteiger partial charge is 0.453 e. The van der Waals surface area contributed by atoms with Gasteiger partial charge in [0.1, 0.15) is 6.54 Å². The SMILES string of the molecule is CC(OC(=O)CNC(=O)c1ccc(N2CCCC2=O)cc1)c1nc2ccccc2n1C(F)F. The number of halogens is 2. The lowest BCUT2D eigenvalue weighted by Crippen LogP contribution is -2.31. The highest BCUT2D eigenvalue weighted by Crippen LogP contribution is 2.28. The monoisotopic (exact) mass is 456 g/mol. The summed E-state index contributed by atoms with van der Waals surface area (Å²) in [5.74, 6) is -1.33. The van der Waals surface area contributed by atoms with Crippen molar-refractivity contribution in [2.24, 2.45) is 0 Å². The molecule has 1 fully saturated rings. The van der Waals surface area contributed by atoms with Crippen LogP contribution in [0.15, 0.2) is 48.5 Å². The van der Waals surface area contributed by atoms with E-state index in [4.69, 9.17) is 4.74 Å². The highest BCUT2D eigenvalue weighted by Gasteiger charge is 2.25. The van der Waals surface area contributed by atoms with Crippen LogP contribution in [0.3, 0.4) is 0 Å². The second kappa shape index (κ2) is 9.35. The van der Waals surface area contributed by atoms with E-state index in [1.54, 1.807) is 47.4 Å². The average Bonchev–Trinajstić information content (AvgIpc) is 3.41. The lowest BCUT2D eigenvalue weighted by molar-refractivity contribution is -0.148. The van der Waals surface area contributed by atoms with Crippen molar-refractivity contribution in [3.8, 4) is 0 Å². The Labute approximate surface area is 188 Å². The van der Waals surface area contributed by atoms with Crippen molar-refractivity contribution >= 4 is 34.5 Å². The number of rotatable bonds is 7. The third-order valence-corrected chi connectivity index (χ3v) is 5.40. The Morgan fingerprint density at radius 3 is 2.55 bits per heavy atom. The van der Waals surface area contributed by atoms with Gasteiger partial charge in [0.25, 0.3) is 5.91 Å². The molecule has 2 heterocycles. The molecule has 172 valence electrons. The van der Waals surface area contributed by atoms with Gasteiger partial charge in [-0.15, -0.1) is 0 Å². The molecule has 33 heavy (non-hydrogen) atoms. The zero-order chi connectivity index (χ0) is 23.5. The van der Waals surface area contributed by atoms with Gasteiger partial charge in [0.15, 0.2) is 11.9 Å². The van der Waals surface area contributed by atoms with Crippen molar-refractivity contribution in [2.75, 3.05) is 18.0 Å². The van der Waals surface area contributed by atoms with Crippen molar-refractivity contribution in [1.82, 2.24) is 14.9 Å². The predicted octanol–water partition coefficient (Wildman–Crippen LogP) is 3.59. The van der Waals surface area contributed by atoms with E-state index in [1.807, 2.05) is 0 Å². The van der Waals surface area contributed by atoms with Crippen molar-refractivity contribution in [3.05, 3.63) is 59.9 Å². The number of para-hydroxylation sites is 2. The standard InChI is InChI=1S/C23H22F2N4O4/c1-14(21-27-17-5-2-3-6-18(17)29(21)23(24)25)33-20(31)13-26-22(32)15-8-10-16(11-9-15)28-12-4-7-19(28)30/h2-3,5-6,8-11,14,23H,4,7,12-13H2,1H3,(H,26,32). The fourth-order valence-corrected chi connectivity index (χ4v) is 3.81. The minimum Gasteiger partial charge on any atom is -0.453 e. The molecule has 1 unspecified atom stereocenters. The second-order valence-electron chi connectivity index (χ2n) is 7.62. The van der Waals surface area contributed by atoms with E-state index in [1.165, 1.54) is 13.0 Å². The second-order valence-corrected chi connectivity index (χ2v) is 7.62. The van der Waals surface area contributed by atoms with E-state index in [0.717, 1.165) is 11.0 Å². The quantitative estimate of drug-likeness (QED) is 0.549. The number of anilines is 1. The molecule has 2 amide bonds. The zero-order valence-corrected chi connectivity index (χ0v) is 17.8. The number of ether oxygens (including phenoxy) is 1. The first kappa shape index (κ1) is 22.4. The van der Waals surface area contributed by atoms with E-state index in [0.29, 0.717) is 29.7 Å². The molecule has 1 atom stereocenters. The Morgan fingerprint density at radius 1 is 1.15 bits per heavy atom. The summed E-state index contributed by atoms with van der Waals surface area (Å²) >= 11 is 0. The molecule has 1 saturated heterocycles. The molecule has 10 heteroatoms. The van der Waals surface area contributed by atoms with Crippen LogP contribution < -0.4 is 10.2 Å². The Morgan fingerprint density at radius 2 is 1.88 bits per heavy atom. The number of alkyl halides is 2. The van der Waals surface area contributed by atoms with Crippen LogP contribution in [0.5, 0.6) is 0 Å². The Kier molecular flexibility index (Phi) is 6.34. The summed E-state index contributed by atoms with van der Waals surface area (Å²) in [5.41, 5.74) is 1.62. The minimum absolute atomic E-state index is 0.0458. The van der Waals surface area contributed by atoms with Gasteiger partial charge in [0.05, 0.1) is 11.0 Å². The first-order valence-corrected chi connectivity index (χ1v) is 10.5. The van der Waals surface area contributed by atoms with Crippen LogP contribution in [0.2, 0.25) is 0 Å². The lowest BCUT2D eigenvalue weighted by Gasteiger charge is -2.16. The summed E-state index contributed by atoms with van der Waals surface area (Å²) in [7, 11) is 0. The normalized spacial score (nSPS) is 14.7. The third kappa shape index (κ3) is 4.69. The van der Waals surface area contributed by atoms with Crippen molar-refractivity contribution in [1.29, 1.82) is 0 Å². The molecule has 1 aliphatic rings. The van der Waals surface area contributed by atoms with E-state index in [-0.39, 0.29) is 17.2 Å². The number of imidazole rings is 1. The van der Waals surface area contributed by atoms with Gasteiger partial charge >= 0.3 is 12.5 Å². The average molecular weight is 456 g/mol. The summed E-state index contributed by atoms with van der Waals surface area (Å²) in [5, 5.41) is 2.45. The fraction of sp³-hybridized carbons (Fsp3) is 0.304. The first-order chi connectivity index (χ1) is 15.8. The molecule has 1 N–H and O–H groups in total. The molecule has 0 aliphatic carbocycles. The van der Waals surface area contributed by atoms with E-state index in [9.17, 15) is 23.2 Å². The summed E-state index contributed by atoms with van der Waals surface area (Å²) in [6.07, 6.45) is 0.263. The van der Waals surface area contributed by atoms with Gasteiger partial charge in [-0.3, -0.25) is 19.0 Å². The summed E-state index contributed by atoms with van der Waals surface area (Å²) < 4.78 is 33.1. The Bertz CT molecular complexity index is 1190. The van der Waals surface area contributed by atoms with Gasteiger partial charge in [-0.2, -0.15) is 8.78 Å². The number of nitrogens with zero attached hydrogens (tertiary/aromatic N) is 3. The Balaban J connectivity index is 1.35. The molecule has 1 aliphatic heterocycles. The number of aromatic nitrogens is 2. The molecule has 3 aromatic rings. The number of hydrogen-bond donors (Lipinski definition) is 1. The number of hydrogen-bond acceptors (Lipinski definition) is 5. The van der Waals surface area contributed by atoms with E-state index < -0.39 is 31.1 Å². The van der Waals surface area contributed by atoms with Crippen molar-refractivity contribution in [2.45, 2.75) is 32.4 Å². The van der Waals surface area contributed by atoms with Crippen LogP contribution in [0, 0.1) is 0 Å². The van der Waals surface area contributed by atoms with Gasteiger partial charge in [-0.1, -0.05) is 12.1 Å². The molecule has 1 aromatic heterocycles. The molecule has 0 bridgehead atoms. The summed E-state index contributed by atoms with van der Waals surface area (Å²) in [6, 6.07) is 12.9. The first-order valence-electron chi connectivity index (χ1n) is 10.5. The number of fused-ring (bicyclic) bond motifs is 1. The number of carbonyl (C=O) groups excluding carboxylic acids is 3. The molecule has 0 spiro atoms. The maximum absolute atomic E-state index is 13.6. The molecular formula is C23H22F2N4O4. The van der Waals surface area contributed by atoms with Crippen LogP contribution in [0.25, 0.3) is 11.0 Å². The third-order valence-electron chi connectivity index (χ3n) is 5.40. The highest BCUT2D eigenvalue weighted by atomic mass is 19.3. The number of amides is 2. The van der Waals surface area contributed by atoms with Crippen LogP contribution >= 0.6 is 0 Å². The number of benzene rings is 2. The topological polar surface area (TPSA) is 93.5 Å². The molecule has 0 radical (unpaired) electrons. The van der Waals surface area contributed by atoms with Gasteiger partial charge in [-0.25, -0.2) is 4.98 Å². The zero-order valence-electron chi connectivity index (χ0n) is 17.8. The van der Waals surface area contributed by atoms with Gasteiger partial charge in [-0.05, 0) is 49.7 Å². The van der Waals surface area contributed by atoms with Crippen LogP contribution in [-0.2, 0) is 14.3 Å². The van der Waals surface area contributed by atoms with Crippen LogP contribution in [0.1, 0.15) is 48.6 Å².